The van der Waals surface area contributed by atoms with Crippen molar-refractivity contribution >= 4 is 17.6 Å². The van der Waals surface area contributed by atoms with Gasteiger partial charge in [0.2, 0.25) is 0 Å². The summed E-state index contributed by atoms with van der Waals surface area (Å²) in [5, 5.41) is 0. The first-order valence-electron chi connectivity index (χ1n) is 10.1. The average Bonchev–Trinajstić information content (AvgIpc) is 3.29. The Morgan fingerprint density at radius 3 is 2.69 bits per heavy atom. The van der Waals surface area contributed by atoms with E-state index in [0.29, 0.717) is 24.5 Å². The highest BCUT2D eigenvalue weighted by Gasteiger charge is 2.23. The summed E-state index contributed by atoms with van der Waals surface area (Å²) in [5.74, 6) is -0.0469. The van der Waals surface area contributed by atoms with E-state index in [1.54, 1.807) is 29.2 Å². The molecule has 152 valence electrons. The van der Waals surface area contributed by atoms with Gasteiger partial charge in [-0.3, -0.25) is 4.79 Å². The van der Waals surface area contributed by atoms with Crippen LogP contribution in [0.2, 0.25) is 0 Å². The predicted molar refractivity (Wildman–Crippen MR) is 108 cm³/mol. The molecule has 0 spiro atoms. The van der Waals surface area contributed by atoms with Crippen LogP contribution >= 0.6 is 0 Å². The molecule has 1 amide bonds. The first-order chi connectivity index (χ1) is 14.2. The molecular weight excluding hydrogens is 370 g/mol. The first-order valence-corrected chi connectivity index (χ1v) is 10.1. The number of benzene rings is 2. The second-order valence-electron chi connectivity index (χ2n) is 7.32. The van der Waals surface area contributed by atoms with Gasteiger partial charge >= 0.3 is 5.97 Å². The number of amides is 1. The molecule has 6 nitrogen and oxygen atoms in total. The summed E-state index contributed by atoms with van der Waals surface area (Å²) in [5.41, 5.74) is 2.45. The van der Waals surface area contributed by atoms with Crippen molar-refractivity contribution in [1.82, 2.24) is 0 Å². The smallest absolute Gasteiger partial charge is 0.338 e. The van der Waals surface area contributed by atoms with Gasteiger partial charge in [0.25, 0.3) is 5.91 Å². The third-order valence-electron chi connectivity index (χ3n) is 5.29. The van der Waals surface area contributed by atoms with Crippen LogP contribution in [0.5, 0.6) is 5.75 Å². The van der Waals surface area contributed by atoms with Gasteiger partial charge < -0.3 is 19.1 Å². The molecule has 4 rings (SSSR count). The number of hydrogen-bond acceptors (Lipinski definition) is 5. The summed E-state index contributed by atoms with van der Waals surface area (Å²) in [6, 6.07) is 14.6. The van der Waals surface area contributed by atoms with E-state index in [9.17, 15) is 9.59 Å². The van der Waals surface area contributed by atoms with Gasteiger partial charge in [0.1, 0.15) is 12.4 Å². The van der Waals surface area contributed by atoms with Crippen LogP contribution in [0, 0.1) is 0 Å². The quantitative estimate of drug-likeness (QED) is 0.702. The third kappa shape index (κ3) is 4.77. The largest absolute Gasteiger partial charge is 0.491 e. The maximum atomic E-state index is 12.6. The maximum absolute atomic E-state index is 12.6. The van der Waals surface area contributed by atoms with Crippen molar-refractivity contribution in [3.63, 3.8) is 0 Å². The second kappa shape index (κ2) is 9.09. The van der Waals surface area contributed by atoms with Crippen LogP contribution in [0.4, 0.5) is 5.69 Å². The lowest BCUT2D eigenvalue weighted by Crippen LogP contribution is -2.38. The number of fused-ring (bicyclic) bond motifs is 1. The van der Waals surface area contributed by atoms with Crippen LogP contribution in [0.3, 0.4) is 0 Å². The molecule has 0 radical (unpaired) electrons. The minimum absolute atomic E-state index is 0.144. The highest BCUT2D eigenvalue weighted by Crippen LogP contribution is 2.26. The van der Waals surface area contributed by atoms with E-state index >= 15 is 0 Å². The Bertz CT molecular complexity index is 858. The minimum Gasteiger partial charge on any atom is -0.491 e. The number of nitrogens with zero attached hydrogens (tertiary/aromatic N) is 1. The topological polar surface area (TPSA) is 65.1 Å². The molecule has 29 heavy (non-hydrogen) atoms. The number of para-hydroxylation sites is 1. The molecule has 0 aliphatic carbocycles. The molecule has 6 heteroatoms. The Labute approximate surface area is 170 Å². The third-order valence-corrected chi connectivity index (χ3v) is 5.29. The van der Waals surface area contributed by atoms with Crippen molar-refractivity contribution in [3.05, 3.63) is 59.7 Å². The van der Waals surface area contributed by atoms with E-state index < -0.39 is 5.97 Å². The van der Waals surface area contributed by atoms with Crippen molar-refractivity contribution in [3.8, 4) is 5.75 Å². The monoisotopic (exact) mass is 395 g/mol. The predicted octanol–water partition coefficient (Wildman–Crippen LogP) is 3.38. The molecule has 0 saturated carbocycles. The molecule has 1 atom stereocenters. The number of ether oxygens (including phenoxy) is 3. The molecule has 1 fully saturated rings. The fourth-order valence-corrected chi connectivity index (χ4v) is 3.73. The standard InChI is InChI=1S/C23H25NO5/c25-22(24-13-3-6-17-5-1-2-8-21(17)24)16-29-23(26)18-9-11-19(12-10-18)28-15-20-7-4-14-27-20/h1-2,5,8-12,20H,3-4,6-7,13-16H2. The van der Waals surface area contributed by atoms with Gasteiger partial charge in [0.05, 0.1) is 11.7 Å². The average molecular weight is 395 g/mol. The number of hydrogen-bond donors (Lipinski definition) is 0. The lowest BCUT2D eigenvalue weighted by Gasteiger charge is -2.29. The minimum atomic E-state index is -0.519. The highest BCUT2D eigenvalue weighted by atomic mass is 16.5. The second-order valence-corrected chi connectivity index (χ2v) is 7.32. The summed E-state index contributed by atoms with van der Waals surface area (Å²) >= 11 is 0. The summed E-state index contributed by atoms with van der Waals surface area (Å²) in [6.07, 6.45) is 4.09. The zero-order valence-electron chi connectivity index (χ0n) is 16.3. The number of carbonyl (C=O) groups excluding carboxylic acids is 2. The number of aryl methyl sites for hydroxylation is 1. The van der Waals surface area contributed by atoms with Crippen molar-refractivity contribution in [2.45, 2.75) is 31.8 Å². The van der Waals surface area contributed by atoms with Crippen LogP contribution in [-0.2, 0) is 20.7 Å². The molecule has 0 aromatic heterocycles. The van der Waals surface area contributed by atoms with Crippen molar-refractivity contribution < 1.29 is 23.8 Å². The Morgan fingerprint density at radius 2 is 1.90 bits per heavy atom. The number of rotatable bonds is 6. The molecule has 2 heterocycles. The fourth-order valence-electron chi connectivity index (χ4n) is 3.73. The molecule has 2 aliphatic heterocycles. The number of esters is 1. The van der Waals surface area contributed by atoms with Crippen LogP contribution in [0.25, 0.3) is 0 Å². The summed E-state index contributed by atoms with van der Waals surface area (Å²) in [4.78, 5) is 26.6. The fraction of sp³-hybridized carbons (Fsp3) is 0.391. The Balaban J connectivity index is 1.29. The van der Waals surface area contributed by atoms with E-state index in [0.717, 1.165) is 43.5 Å². The Kier molecular flexibility index (Phi) is 6.10. The van der Waals surface area contributed by atoms with E-state index in [2.05, 4.69) is 0 Å². The number of carbonyl (C=O) groups is 2. The Hall–Kier alpha value is -2.86. The molecule has 0 N–H and O–H groups in total. The Morgan fingerprint density at radius 1 is 1.07 bits per heavy atom. The van der Waals surface area contributed by atoms with Gasteiger partial charge in [-0.25, -0.2) is 4.79 Å². The van der Waals surface area contributed by atoms with Gasteiger partial charge in [0, 0.05) is 18.8 Å². The van der Waals surface area contributed by atoms with Gasteiger partial charge in [-0.1, -0.05) is 18.2 Å². The highest BCUT2D eigenvalue weighted by molar-refractivity contribution is 5.98. The summed E-state index contributed by atoms with van der Waals surface area (Å²) in [7, 11) is 0. The van der Waals surface area contributed by atoms with E-state index in [1.165, 1.54) is 0 Å². The van der Waals surface area contributed by atoms with E-state index in [-0.39, 0.29) is 18.6 Å². The molecule has 2 aliphatic rings. The van der Waals surface area contributed by atoms with Gasteiger partial charge in [-0.2, -0.15) is 0 Å². The molecule has 2 aromatic rings. The summed E-state index contributed by atoms with van der Waals surface area (Å²) in [6.45, 7) is 1.67. The van der Waals surface area contributed by atoms with Crippen LogP contribution in [0.1, 0.15) is 35.2 Å². The van der Waals surface area contributed by atoms with E-state index in [4.69, 9.17) is 14.2 Å². The van der Waals surface area contributed by atoms with Crippen molar-refractivity contribution in [2.75, 3.05) is 31.3 Å². The first kappa shape index (κ1) is 19.5. The molecule has 2 aromatic carbocycles. The molecule has 1 saturated heterocycles. The van der Waals surface area contributed by atoms with E-state index in [1.807, 2.05) is 24.3 Å². The van der Waals surface area contributed by atoms with Crippen LogP contribution in [-0.4, -0.2) is 44.3 Å². The van der Waals surface area contributed by atoms with Crippen molar-refractivity contribution in [1.29, 1.82) is 0 Å². The summed E-state index contributed by atoms with van der Waals surface area (Å²) < 4.78 is 16.5. The maximum Gasteiger partial charge on any atom is 0.338 e. The van der Waals surface area contributed by atoms with Gasteiger partial charge in [-0.15, -0.1) is 0 Å². The lowest BCUT2D eigenvalue weighted by atomic mass is 10.0. The van der Waals surface area contributed by atoms with Gasteiger partial charge in [-0.05, 0) is 61.6 Å². The molecular formula is C23H25NO5. The molecule has 0 bridgehead atoms. The lowest BCUT2D eigenvalue weighted by molar-refractivity contribution is -0.121. The zero-order valence-corrected chi connectivity index (χ0v) is 16.3. The van der Waals surface area contributed by atoms with Gasteiger partial charge in [0.15, 0.2) is 6.61 Å². The number of anilines is 1. The zero-order chi connectivity index (χ0) is 20.1. The van der Waals surface area contributed by atoms with Crippen LogP contribution in [0.15, 0.2) is 48.5 Å². The van der Waals surface area contributed by atoms with Crippen LogP contribution < -0.4 is 9.64 Å². The SMILES string of the molecule is O=C(OCC(=O)N1CCCc2ccccc21)c1ccc(OCC2CCCO2)cc1. The normalized spacial score (nSPS) is 18.2. The van der Waals surface area contributed by atoms with Crippen molar-refractivity contribution in [2.24, 2.45) is 0 Å². The molecule has 1 unspecified atom stereocenters.